The zero-order valence-electron chi connectivity index (χ0n) is 13.7. The van der Waals surface area contributed by atoms with Crippen molar-refractivity contribution < 1.29 is 0 Å². The quantitative estimate of drug-likeness (QED) is 0.709. The zero-order valence-corrected chi connectivity index (χ0v) is 13.7. The lowest BCUT2D eigenvalue weighted by atomic mass is 9.89. The van der Waals surface area contributed by atoms with Gasteiger partial charge in [-0.3, -0.25) is 0 Å². The van der Waals surface area contributed by atoms with Crippen LogP contribution in [-0.4, -0.2) is 12.6 Å². The van der Waals surface area contributed by atoms with Crippen LogP contribution >= 0.6 is 0 Å². The Kier molecular flexibility index (Phi) is 4.45. The minimum Gasteiger partial charge on any atom is -0.310 e. The van der Waals surface area contributed by atoms with Crippen LogP contribution in [-0.2, 0) is 0 Å². The molecule has 1 N–H and O–H groups in total. The van der Waals surface area contributed by atoms with Crippen LogP contribution in [0.3, 0.4) is 0 Å². The molecule has 110 valence electrons. The van der Waals surface area contributed by atoms with Crippen molar-refractivity contribution >= 4 is 0 Å². The third kappa shape index (κ3) is 2.77. The molecule has 0 aromatic rings. The number of hydrogen-bond donors (Lipinski definition) is 1. The van der Waals surface area contributed by atoms with Crippen molar-refractivity contribution in [2.24, 2.45) is 16.7 Å². The fraction of sp³-hybridized carbons (Fsp3) is 0.889. The molecule has 2 rings (SSSR count). The number of rotatable bonds is 4. The van der Waals surface area contributed by atoms with Gasteiger partial charge in [0.05, 0.1) is 0 Å². The molecule has 1 saturated carbocycles. The highest BCUT2D eigenvalue weighted by Gasteiger charge is 2.67. The van der Waals surface area contributed by atoms with Crippen LogP contribution < -0.4 is 5.32 Å². The van der Waals surface area contributed by atoms with Gasteiger partial charge in [-0.2, -0.15) is 0 Å². The van der Waals surface area contributed by atoms with Crippen LogP contribution in [0.15, 0.2) is 11.6 Å². The van der Waals surface area contributed by atoms with Crippen LogP contribution in [0.4, 0.5) is 0 Å². The molecular weight excluding hydrogens is 230 g/mol. The van der Waals surface area contributed by atoms with E-state index in [1.54, 1.807) is 5.57 Å². The van der Waals surface area contributed by atoms with Gasteiger partial charge in [-0.15, -0.1) is 0 Å². The summed E-state index contributed by atoms with van der Waals surface area (Å²) in [5, 5.41) is 3.81. The molecule has 19 heavy (non-hydrogen) atoms. The third-order valence-corrected chi connectivity index (χ3v) is 6.12. The Morgan fingerprint density at radius 2 is 1.74 bits per heavy atom. The largest absolute Gasteiger partial charge is 0.310 e. The molecule has 1 nitrogen and oxygen atoms in total. The predicted octanol–water partition coefficient (Wildman–Crippen LogP) is 4.93. The topological polar surface area (TPSA) is 12.0 Å². The maximum Gasteiger partial charge on any atom is 0.0318 e. The molecule has 1 atom stereocenters. The van der Waals surface area contributed by atoms with E-state index >= 15 is 0 Å². The Morgan fingerprint density at radius 1 is 1.11 bits per heavy atom. The lowest BCUT2D eigenvalue weighted by Gasteiger charge is -2.25. The van der Waals surface area contributed by atoms with E-state index in [0.29, 0.717) is 16.9 Å². The van der Waals surface area contributed by atoms with Crippen molar-refractivity contribution in [1.82, 2.24) is 5.32 Å². The molecule has 0 aromatic heterocycles. The highest BCUT2D eigenvalue weighted by atomic mass is 15.0. The van der Waals surface area contributed by atoms with Crippen molar-refractivity contribution in [3.63, 3.8) is 0 Å². The molecule has 0 spiro atoms. The summed E-state index contributed by atoms with van der Waals surface area (Å²) >= 11 is 0. The summed E-state index contributed by atoms with van der Waals surface area (Å²) < 4.78 is 0. The van der Waals surface area contributed by atoms with Gasteiger partial charge in [0, 0.05) is 6.04 Å². The van der Waals surface area contributed by atoms with Crippen LogP contribution in [0.1, 0.15) is 73.1 Å². The van der Waals surface area contributed by atoms with Crippen molar-refractivity contribution in [1.29, 1.82) is 0 Å². The number of likely N-dealkylation sites (N-methyl/N-ethyl adjacent to an activating group) is 1. The first-order valence-electron chi connectivity index (χ1n) is 8.35. The average Bonchev–Trinajstić information content (AvgIpc) is 2.67. The lowest BCUT2D eigenvalue weighted by molar-refractivity contribution is 0.432. The molecule has 0 aromatic carbocycles. The molecule has 1 heteroatoms. The van der Waals surface area contributed by atoms with Gasteiger partial charge < -0.3 is 5.32 Å². The van der Waals surface area contributed by atoms with Gasteiger partial charge in [0.15, 0.2) is 0 Å². The maximum atomic E-state index is 3.81. The minimum absolute atomic E-state index is 0.475. The van der Waals surface area contributed by atoms with Gasteiger partial charge in [-0.05, 0) is 49.0 Å². The fourth-order valence-corrected chi connectivity index (χ4v) is 4.26. The van der Waals surface area contributed by atoms with E-state index < -0.39 is 0 Å². The van der Waals surface area contributed by atoms with E-state index in [1.807, 2.05) is 0 Å². The predicted molar refractivity (Wildman–Crippen MR) is 84.3 cm³/mol. The fourth-order valence-electron chi connectivity index (χ4n) is 4.26. The van der Waals surface area contributed by atoms with Gasteiger partial charge in [-0.25, -0.2) is 0 Å². The number of hydrogen-bond acceptors (Lipinski definition) is 1. The Morgan fingerprint density at radius 3 is 2.32 bits per heavy atom. The van der Waals surface area contributed by atoms with Crippen molar-refractivity contribution in [2.75, 3.05) is 6.54 Å². The first-order valence-corrected chi connectivity index (χ1v) is 8.35. The number of allylic oxidation sites excluding steroid dienone is 1. The van der Waals surface area contributed by atoms with Crippen LogP contribution in [0.2, 0.25) is 0 Å². The molecule has 2 aliphatic rings. The molecule has 0 heterocycles. The van der Waals surface area contributed by atoms with E-state index in [1.165, 1.54) is 38.5 Å². The Labute approximate surface area is 120 Å². The summed E-state index contributed by atoms with van der Waals surface area (Å²) in [5.74, 6) is 0.797. The van der Waals surface area contributed by atoms with Gasteiger partial charge in [0.2, 0.25) is 0 Å². The Balaban J connectivity index is 2.16. The van der Waals surface area contributed by atoms with Crippen LogP contribution in [0.5, 0.6) is 0 Å². The molecule has 2 aliphatic carbocycles. The minimum atomic E-state index is 0.475. The summed E-state index contributed by atoms with van der Waals surface area (Å²) in [6, 6.07) is 0.619. The van der Waals surface area contributed by atoms with Gasteiger partial charge >= 0.3 is 0 Å². The van der Waals surface area contributed by atoms with Crippen molar-refractivity contribution in [2.45, 2.75) is 79.2 Å². The molecular formula is C18H33N. The first-order chi connectivity index (χ1) is 8.93. The van der Waals surface area contributed by atoms with Gasteiger partial charge in [0.25, 0.3) is 0 Å². The highest BCUT2D eigenvalue weighted by molar-refractivity contribution is 5.26. The standard InChI is InChI=1S/C18H33N/c1-6-19-15(16-17(2,3)18(16,4)5)14-12-10-8-7-9-11-13-14/h12,15-16,19H,6-11,13H2,1-5H3. The highest BCUT2D eigenvalue weighted by Crippen LogP contribution is 2.70. The second-order valence-electron chi connectivity index (χ2n) is 7.69. The average molecular weight is 263 g/mol. The summed E-state index contributed by atoms with van der Waals surface area (Å²) in [6.07, 6.45) is 10.8. The van der Waals surface area contributed by atoms with Gasteiger partial charge in [-0.1, -0.05) is 59.1 Å². The van der Waals surface area contributed by atoms with Crippen LogP contribution in [0, 0.1) is 16.7 Å². The summed E-state index contributed by atoms with van der Waals surface area (Å²) in [6.45, 7) is 13.1. The molecule has 0 saturated heterocycles. The molecule has 1 unspecified atom stereocenters. The van der Waals surface area contributed by atoms with Crippen LogP contribution in [0.25, 0.3) is 0 Å². The lowest BCUT2D eigenvalue weighted by Crippen LogP contribution is -2.35. The zero-order chi connectivity index (χ0) is 14.1. The van der Waals surface area contributed by atoms with E-state index in [4.69, 9.17) is 0 Å². The number of nitrogens with one attached hydrogen (secondary N) is 1. The van der Waals surface area contributed by atoms with Crippen molar-refractivity contribution in [3.05, 3.63) is 11.6 Å². The van der Waals surface area contributed by atoms with E-state index in [2.05, 4.69) is 46.0 Å². The molecule has 0 radical (unpaired) electrons. The monoisotopic (exact) mass is 263 g/mol. The summed E-state index contributed by atoms with van der Waals surface area (Å²) in [5.41, 5.74) is 2.66. The first kappa shape index (κ1) is 15.1. The van der Waals surface area contributed by atoms with E-state index in [-0.39, 0.29) is 0 Å². The summed E-state index contributed by atoms with van der Waals surface area (Å²) in [7, 11) is 0. The maximum absolute atomic E-state index is 3.81. The molecule has 1 fully saturated rings. The van der Waals surface area contributed by atoms with Crippen molar-refractivity contribution in [3.8, 4) is 0 Å². The second kappa shape index (κ2) is 5.60. The molecule has 0 bridgehead atoms. The Hall–Kier alpha value is -0.300. The summed E-state index contributed by atoms with van der Waals surface area (Å²) in [4.78, 5) is 0. The second-order valence-corrected chi connectivity index (χ2v) is 7.69. The molecule has 0 aliphatic heterocycles. The SMILES string of the molecule is CCNC(C1=CCCCCCC1)C1C(C)(C)C1(C)C. The van der Waals surface area contributed by atoms with E-state index in [9.17, 15) is 0 Å². The van der Waals surface area contributed by atoms with Gasteiger partial charge in [0.1, 0.15) is 0 Å². The molecule has 0 amide bonds. The smallest absolute Gasteiger partial charge is 0.0318 e. The van der Waals surface area contributed by atoms with E-state index in [0.717, 1.165) is 12.5 Å². The normalized spacial score (nSPS) is 28.2. The Bertz CT molecular complexity index is 324. The third-order valence-electron chi connectivity index (χ3n) is 6.12.